The summed E-state index contributed by atoms with van der Waals surface area (Å²) in [4.78, 5) is 18.6. The number of amides is 1. The summed E-state index contributed by atoms with van der Waals surface area (Å²) in [5.74, 6) is -0.176. The van der Waals surface area contributed by atoms with Crippen LogP contribution in [0.3, 0.4) is 0 Å². The molecule has 2 aromatic heterocycles. The molecule has 1 aliphatic rings. The molecular formula is C18H19N5O2. The Kier molecular flexibility index (Phi) is 3.93. The maximum Gasteiger partial charge on any atom is 0.276 e. The molecule has 0 radical (unpaired) electrons. The number of carbonyl (C=O) groups is 1. The number of β-amino-alcohol motifs (C(OH)–C–C–N with tert-alkyl or cyclic N) is 1. The molecule has 1 saturated heterocycles. The Morgan fingerprint density at radius 2 is 2.20 bits per heavy atom. The van der Waals surface area contributed by atoms with Crippen molar-refractivity contribution in [1.29, 1.82) is 0 Å². The summed E-state index contributed by atoms with van der Waals surface area (Å²) in [7, 11) is 0. The first kappa shape index (κ1) is 15.7. The lowest BCUT2D eigenvalue weighted by atomic mass is 10.1. The number of nitrogens with zero attached hydrogens (tertiary/aromatic N) is 5. The highest BCUT2D eigenvalue weighted by Gasteiger charge is 2.27. The predicted molar refractivity (Wildman–Crippen MR) is 92.5 cm³/mol. The highest BCUT2D eigenvalue weighted by Crippen LogP contribution is 2.23. The summed E-state index contributed by atoms with van der Waals surface area (Å²) in [5.41, 5.74) is 1.89. The van der Waals surface area contributed by atoms with Crippen LogP contribution < -0.4 is 0 Å². The van der Waals surface area contributed by atoms with Crippen LogP contribution in [0.4, 0.5) is 0 Å². The van der Waals surface area contributed by atoms with Crippen LogP contribution in [0.1, 0.15) is 29.0 Å². The van der Waals surface area contributed by atoms with E-state index in [9.17, 15) is 9.90 Å². The van der Waals surface area contributed by atoms with Crippen molar-refractivity contribution in [2.24, 2.45) is 0 Å². The van der Waals surface area contributed by atoms with Gasteiger partial charge in [0.2, 0.25) is 0 Å². The molecular weight excluding hydrogens is 318 g/mol. The van der Waals surface area contributed by atoms with Gasteiger partial charge >= 0.3 is 0 Å². The molecule has 1 N–H and O–H groups in total. The highest BCUT2D eigenvalue weighted by molar-refractivity contribution is 5.94. The van der Waals surface area contributed by atoms with E-state index in [4.69, 9.17) is 0 Å². The molecule has 1 amide bonds. The van der Waals surface area contributed by atoms with Crippen LogP contribution in [-0.2, 0) is 0 Å². The maximum absolute atomic E-state index is 12.8. The summed E-state index contributed by atoms with van der Waals surface area (Å²) >= 11 is 0. The molecule has 1 aromatic carbocycles. The maximum atomic E-state index is 12.8. The van der Waals surface area contributed by atoms with E-state index >= 15 is 0 Å². The smallest absolute Gasteiger partial charge is 0.276 e. The Hall–Kier alpha value is -2.80. The summed E-state index contributed by atoms with van der Waals surface area (Å²) in [5, 5.41) is 20.1. The average Bonchev–Trinajstić information content (AvgIpc) is 3.02. The van der Waals surface area contributed by atoms with Crippen molar-refractivity contribution in [2.75, 3.05) is 13.1 Å². The van der Waals surface area contributed by atoms with Crippen molar-refractivity contribution in [2.45, 2.75) is 25.9 Å². The number of carbonyl (C=O) groups excluding carboxylic acids is 1. The van der Waals surface area contributed by atoms with Gasteiger partial charge in [-0.2, -0.15) is 0 Å². The topological polar surface area (TPSA) is 84.1 Å². The molecule has 3 aromatic rings. The van der Waals surface area contributed by atoms with E-state index in [0.717, 1.165) is 29.3 Å². The number of aliphatic hydroxyl groups is 1. The van der Waals surface area contributed by atoms with Gasteiger partial charge in [0.15, 0.2) is 5.69 Å². The number of rotatable bonds is 2. The standard InChI is InChI=1S/C18H19N5O2/c1-12-17(18(25)22-9-3-5-14(24)11-22)20-21-23(12)16-6-2-4-13-10-19-8-7-15(13)16/h2,4,6-8,10,14,24H,3,5,9,11H2,1H3. The summed E-state index contributed by atoms with van der Waals surface area (Å²) < 4.78 is 1.69. The molecule has 0 spiro atoms. The molecule has 1 fully saturated rings. The van der Waals surface area contributed by atoms with Crippen molar-refractivity contribution in [1.82, 2.24) is 24.9 Å². The summed E-state index contributed by atoms with van der Waals surface area (Å²) in [6, 6.07) is 7.79. The monoisotopic (exact) mass is 337 g/mol. The summed E-state index contributed by atoms with van der Waals surface area (Å²) in [6.07, 6.45) is 4.61. The van der Waals surface area contributed by atoms with Gasteiger partial charge < -0.3 is 10.0 Å². The minimum Gasteiger partial charge on any atom is -0.391 e. The van der Waals surface area contributed by atoms with E-state index in [0.29, 0.717) is 24.5 Å². The Bertz CT molecular complexity index is 931. The zero-order valence-electron chi connectivity index (χ0n) is 14.0. The van der Waals surface area contributed by atoms with Crippen LogP contribution in [0.5, 0.6) is 0 Å². The van der Waals surface area contributed by atoms with Crippen molar-refractivity contribution in [3.63, 3.8) is 0 Å². The van der Waals surface area contributed by atoms with Gasteiger partial charge in [0, 0.05) is 36.3 Å². The molecule has 0 aliphatic carbocycles. The van der Waals surface area contributed by atoms with E-state index in [1.54, 1.807) is 22.0 Å². The van der Waals surface area contributed by atoms with Gasteiger partial charge in [-0.15, -0.1) is 5.10 Å². The number of aromatic nitrogens is 4. The first-order valence-electron chi connectivity index (χ1n) is 8.38. The second-order valence-corrected chi connectivity index (χ2v) is 6.36. The lowest BCUT2D eigenvalue weighted by Crippen LogP contribution is -2.42. The fourth-order valence-electron chi connectivity index (χ4n) is 3.33. The molecule has 4 rings (SSSR count). The molecule has 3 heterocycles. The first-order valence-corrected chi connectivity index (χ1v) is 8.38. The zero-order chi connectivity index (χ0) is 17.4. The number of hydrogen-bond donors (Lipinski definition) is 1. The number of aliphatic hydroxyl groups excluding tert-OH is 1. The molecule has 0 bridgehead atoms. The molecule has 1 aliphatic heterocycles. The number of hydrogen-bond acceptors (Lipinski definition) is 5. The van der Waals surface area contributed by atoms with Crippen molar-refractivity contribution >= 4 is 16.7 Å². The molecule has 7 heteroatoms. The molecule has 1 unspecified atom stereocenters. The second kappa shape index (κ2) is 6.25. The third-order valence-corrected chi connectivity index (χ3v) is 4.67. The van der Waals surface area contributed by atoms with E-state index < -0.39 is 6.10 Å². The summed E-state index contributed by atoms with van der Waals surface area (Å²) in [6.45, 7) is 2.83. The van der Waals surface area contributed by atoms with Gasteiger partial charge in [0.1, 0.15) is 0 Å². The van der Waals surface area contributed by atoms with Gasteiger partial charge in [-0.05, 0) is 31.9 Å². The van der Waals surface area contributed by atoms with Crippen molar-refractivity contribution < 1.29 is 9.90 Å². The van der Waals surface area contributed by atoms with E-state index in [2.05, 4.69) is 15.3 Å². The van der Waals surface area contributed by atoms with Crippen LogP contribution in [0.2, 0.25) is 0 Å². The second-order valence-electron chi connectivity index (χ2n) is 6.36. The molecule has 1 atom stereocenters. The Morgan fingerprint density at radius 3 is 3.04 bits per heavy atom. The molecule has 7 nitrogen and oxygen atoms in total. The lowest BCUT2D eigenvalue weighted by molar-refractivity contribution is 0.0468. The van der Waals surface area contributed by atoms with Gasteiger partial charge in [-0.1, -0.05) is 17.3 Å². The number of fused-ring (bicyclic) bond motifs is 1. The number of likely N-dealkylation sites (tertiary alicyclic amines) is 1. The fraction of sp³-hybridized carbons (Fsp3) is 0.333. The van der Waals surface area contributed by atoms with Gasteiger partial charge in [-0.25, -0.2) is 4.68 Å². The third-order valence-electron chi connectivity index (χ3n) is 4.67. The van der Waals surface area contributed by atoms with Crippen LogP contribution >= 0.6 is 0 Å². The van der Waals surface area contributed by atoms with E-state index in [1.165, 1.54) is 0 Å². The van der Waals surface area contributed by atoms with Crippen molar-refractivity contribution in [3.05, 3.63) is 48.0 Å². The van der Waals surface area contributed by atoms with E-state index in [-0.39, 0.29) is 5.91 Å². The fourth-order valence-corrected chi connectivity index (χ4v) is 3.33. The van der Waals surface area contributed by atoms with Gasteiger partial charge in [0.25, 0.3) is 5.91 Å². The quantitative estimate of drug-likeness (QED) is 0.770. The first-order chi connectivity index (χ1) is 12.1. The van der Waals surface area contributed by atoms with Gasteiger partial charge in [0.05, 0.1) is 17.5 Å². The minimum atomic E-state index is -0.460. The minimum absolute atomic E-state index is 0.176. The lowest BCUT2D eigenvalue weighted by Gasteiger charge is -2.29. The van der Waals surface area contributed by atoms with Crippen LogP contribution in [0.15, 0.2) is 36.7 Å². The van der Waals surface area contributed by atoms with E-state index in [1.807, 2.05) is 31.2 Å². The zero-order valence-corrected chi connectivity index (χ0v) is 14.0. The van der Waals surface area contributed by atoms with Crippen LogP contribution in [-0.4, -0.2) is 55.1 Å². The number of piperidine rings is 1. The SMILES string of the molecule is Cc1c(C(=O)N2CCCC(O)C2)nnn1-c1cccc2cnccc12. The van der Waals surface area contributed by atoms with Gasteiger partial charge in [-0.3, -0.25) is 9.78 Å². The normalized spacial score (nSPS) is 17.8. The Labute approximate surface area is 144 Å². The largest absolute Gasteiger partial charge is 0.391 e. The number of benzene rings is 1. The average molecular weight is 337 g/mol. The molecule has 0 saturated carbocycles. The number of pyridine rings is 1. The van der Waals surface area contributed by atoms with Crippen LogP contribution in [0, 0.1) is 6.92 Å². The third kappa shape index (κ3) is 2.76. The van der Waals surface area contributed by atoms with Crippen molar-refractivity contribution in [3.8, 4) is 5.69 Å². The molecule has 128 valence electrons. The highest BCUT2D eigenvalue weighted by atomic mass is 16.3. The van der Waals surface area contributed by atoms with Crippen LogP contribution in [0.25, 0.3) is 16.5 Å². The molecule has 25 heavy (non-hydrogen) atoms. The Morgan fingerprint density at radius 1 is 1.32 bits per heavy atom. The predicted octanol–water partition coefficient (Wildman–Crippen LogP) is 1.72. The Balaban J connectivity index is 1.72.